The minimum Gasteiger partial charge on any atom is -0.484 e. The van der Waals surface area contributed by atoms with E-state index < -0.39 is 11.8 Å². The number of carbonyl (C=O) groups is 3. The van der Waals surface area contributed by atoms with Gasteiger partial charge in [-0.1, -0.05) is 41.9 Å². The summed E-state index contributed by atoms with van der Waals surface area (Å²) in [6.45, 7) is -0.299. The Kier molecular flexibility index (Phi) is 6.60. The van der Waals surface area contributed by atoms with Crippen LogP contribution in [0, 0.1) is 0 Å². The molecule has 0 spiro atoms. The van der Waals surface area contributed by atoms with Crippen LogP contribution >= 0.6 is 11.6 Å². The molecular weight excluding hydrogens is 392 g/mol. The minimum atomic E-state index is -0.531. The van der Waals surface area contributed by atoms with Gasteiger partial charge in [0.2, 0.25) is 0 Å². The molecule has 146 valence electrons. The lowest BCUT2D eigenvalue weighted by molar-refractivity contribution is -0.123. The third-order valence-electron chi connectivity index (χ3n) is 3.94. The zero-order valence-electron chi connectivity index (χ0n) is 15.2. The van der Waals surface area contributed by atoms with Crippen LogP contribution in [-0.2, 0) is 4.79 Å². The van der Waals surface area contributed by atoms with Crippen molar-refractivity contribution in [2.75, 3.05) is 6.61 Å². The fraction of sp³-hybridized carbons (Fsp3) is 0.0455. The third kappa shape index (κ3) is 5.67. The van der Waals surface area contributed by atoms with Crippen LogP contribution < -0.4 is 15.6 Å². The second-order valence-corrected chi connectivity index (χ2v) is 6.45. The summed E-state index contributed by atoms with van der Waals surface area (Å²) in [5, 5.41) is 0.510. The monoisotopic (exact) mass is 408 g/mol. The van der Waals surface area contributed by atoms with Crippen molar-refractivity contribution in [3.63, 3.8) is 0 Å². The molecule has 3 aromatic rings. The first-order valence-corrected chi connectivity index (χ1v) is 9.08. The highest BCUT2D eigenvalue weighted by atomic mass is 35.5. The molecule has 0 heterocycles. The Morgan fingerprint density at radius 1 is 0.724 bits per heavy atom. The number of ether oxygens (including phenoxy) is 1. The molecule has 0 radical (unpaired) electrons. The number of rotatable bonds is 6. The maximum absolute atomic E-state index is 12.4. The predicted molar refractivity (Wildman–Crippen MR) is 109 cm³/mol. The molecule has 2 amide bonds. The van der Waals surface area contributed by atoms with Crippen LogP contribution in [0.1, 0.15) is 26.3 Å². The maximum atomic E-state index is 12.4. The van der Waals surface area contributed by atoms with Gasteiger partial charge in [0.05, 0.1) is 0 Å². The van der Waals surface area contributed by atoms with E-state index in [1.807, 2.05) is 6.07 Å². The number of halogens is 1. The molecule has 6 nitrogen and oxygen atoms in total. The van der Waals surface area contributed by atoms with E-state index in [0.717, 1.165) is 0 Å². The molecule has 0 aliphatic heterocycles. The first-order valence-electron chi connectivity index (χ1n) is 8.70. The molecule has 3 aromatic carbocycles. The van der Waals surface area contributed by atoms with Crippen LogP contribution in [0.25, 0.3) is 0 Å². The van der Waals surface area contributed by atoms with Gasteiger partial charge in [-0.3, -0.25) is 25.2 Å². The van der Waals surface area contributed by atoms with Gasteiger partial charge in [0, 0.05) is 21.7 Å². The molecule has 0 saturated carbocycles. The molecule has 0 aliphatic carbocycles. The molecule has 7 heteroatoms. The summed E-state index contributed by atoms with van der Waals surface area (Å²) in [5.74, 6) is -0.677. The van der Waals surface area contributed by atoms with E-state index in [9.17, 15) is 14.4 Å². The van der Waals surface area contributed by atoms with E-state index in [-0.39, 0.29) is 12.4 Å². The van der Waals surface area contributed by atoms with Crippen molar-refractivity contribution >= 4 is 29.2 Å². The molecule has 0 aromatic heterocycles. The van der Waals surface area contributed by atoms with E-state index in [1.165, 1.54) is 0 Å². The summed E-state index contributed by atoms with van der Waals surface area (Å²) in [4.78, 5) is 36.1. The molecule has 29 heavy (non-hydrogen) atoms. The molecule has 0 fully saturated rings. The predicted octanol–water partition coefficient (Wildman–Crippen LogP) is 3.41. The standard InChI is InChI=1S/C22H17ClN2O4/c23-18-10-6-17(7-11-18)22(28)25-24-20(26)14-29-19-12-8-16(9-13-19)21(27)15-4-2-1-3-5-15/h1-13H,14H2,(H,24,26)(H,25,28). The Morgan fingerprint density at radius 2 is 1.31 bits per heavy atom. The highest BCUT2D eigenvalue weighted by Gasteiger charge is 2.10. The van der Waals surface area contributed by atoms with Crippen molar-refractivity contribution in [3.8, 4) is 5.75 Å². The Bertz CT molecular complexity index is 1000. The quantitative estimate of drug-likeness (QED) is 0.483. The number of hydrogen-bond acceptors (Lipinski definition) is 4. The average Bonchev–Trinajstić information content (AvgIpc) is 2.77. The number of hydrazine groups is 1. The van der Waals surface area contributed by atoms with Crippen LogP contribution in [0.2, 0.25) is 5.02 Å². The SMILES string of the molecule is O=C(COc1ccc(C(=O)c2ccccc2)cc1)NNC(=O)c1ccc(Cl)cc1. The summed E-state index contributed by atoms with van der Waals surface area (Å²) in [7, 11) is 0. The number of nitrogens with one attached hydrogen (secondary N) is 2. The van der Waals surface area contributed by atoms with Crippen LogP contribution in [0.15, 0.2) is 78.9 Å². The lowest BCUT2D eigenvalue weighted by atomic mass is 10.0. The fourth-order valence-corrected chi connectivity index (χ4v) is 2.57. The van der Waals surface area contributed by atoms with Gasteiger partial charge in [0.1, 0.15) is 5.75 Å². The van der Waals surface area contributed by atoms with E-state index in [0.29, 0.717) is 27.5 Å². The van der Waals surface area contributed by atoms with Crippen molar-refractivity contribution in [2.45, 2.75) is 0 Å². The molecule has 0 saturated heterocycles. The fourth-order valence-electron chi connectivity index (χ4n) is 2.44. The number of hydrogen-bond donors (Lipinski definition) is 2. The van der Waals surface area contributed by atoms with E-state index in [2.05, 4.69) is 10.9 Å². The Morgan fingerprint density at radius 3 is 1.97 bits per heavy atom. The normalized spacial score (nSPS) is 10.1. The highest BCUT2D eigenvalue weighted by Crippen LogP contribution is 2.15. The molecule has 2 N–H and O–H groups in total. The summed E-state index contributed by atoms with van der Waals surface area (Å²) in [6, 6.07) is 21.6. The van der Waals surface area contributed by atoms with Gasteiger partial charge in [0.25, 0.3) is 11.8 Å². The molecule has 0 aliphatic rings. The van der Waals surface area contributed by atoms with Crippen molar-refractivity contribution in [1.29, 1.82) is 0 Å². The maximum Gasteiger partial charge on any atom is 0.276 e. The molecule has 0 unspecified atom stereocenters. The Labute approximate surface area is 172 Å². The van der Waals surface area contributed by atoms with Gasteiger partial charge in [-0.2, -0.15) is 0 Å². The number of carbonyl (C=O) groups excluding carboxylic acids is 3. The van der Waals surface area contributed by atoms with Gasteiger partial charge in [-0.05, 0) is 48.5 Å². The molecule has 0 bridgehead atoms. The summed E-state index contributed by atoms with van der Waals surface area (Å²) < 4.78 is 5.37. The highest BCUT2D eigenvalue weighted by molar-refractivity contribution is 6.30. The van der Waals surface area contributed by atoms with E-state index in [4.69, 9.17) is 16.3 Å². The van der Waals surface area contributed by atoms with Gasteiger partial charge < -0.3 is 4.74 Å². The second-order valence-electron chi connectivity index (χ2n) is 6.02. The van der Waals surface area contributed by atoms with E-state index >= 15 is 0 Å². The van der Waals surface area contributed by atoms with Crippen molar-refractivity contribution in [1.82, 2.24) is 10.9 Å². The molecule has 3 rings (SSSR count). The molecular formula is C22H17ClN2O4. The van der Waals surface area contributed by atoms with Gasteiger partial charge in [-0.15, -0.1) is 0 Å². The van der Waals surface area contributed by atoms with Crippen LogP contribution in [0.3, 0.4) is 0 Å². The summed E-state index contributed by atoms with van der Waals surface area (Å²) >= 11 is 5.76. The summed E-state index contributed by atoms with van der Waals surface area (Å²) in [6.07, 6.45) is 0. The van der Waals surface area contributed by atoms with Gasteiger partial charge in [0.15, 0.2) is 12.4 Å². The number of benzene rings is 3. The smallest absolute Gasteiger partial charge is 0.276 e. The lowest BCUT2D eigenvalue weighted by Crippen LogP contribution is -2.43. The van der Waals surface area contributed by atoms with Crippen molar-refractivity contribution in [3.05, 3.63) is 101 Å². The topological polar surface area (TPSA) is 84.5 Å². The lowest BCUT2D eigenvalue weighted by Gasteiger charge is -2.09. The largest absolute Gasteiger partial charge is 0.484 e. The van der Waals surface area contributed by atoms with Gasteiger partial charge in [-0.25, -0.2) is 0 Å². The third-order valence-corrected chi connectivity index (χ3v) is 4.20. The van der Waals surface area contributed by atoms with Crippen molar-refractivity contribution < 1.29 is 19.1 Å². The Hall–Kier alpha value is -3.64. The van der Waals surface area contributed by atoms with Crippen LogP contribution in [-0.4, -0.2) is 24.2 Å². The number of ketones is 1. The average molecular weight is 409 g/mol. The van der Waals surface area contributed by atoms with Crippen LogP contribution in [0.4, 0.5) is 0 Å². The van der Waals surface area contributed by atoms with Gasteiger partial charge >= 0.3 is 0 Å². The van der Waals surface area contributed by atoms with E-state index in [1.54, 1.807) is 72.8 Å². The van der Waals surface area contributed by atoms with Crippen molar-refractivity contribution in [2.24, 2.45) is 0 Å². The first kappa shape index (κ1) is 20.1. The summed E-state index contributed by atoms with van der Waals surface area (Å²) in [5.41, 5.74) is 6.02. The minimum absolute atomic E-state index is 0.0974. The zero-order chi connectivity index (χ0) is 20.6. The second kappa shape index (κ2) is 9.52. The Balaban J connectivity index is 1.47. The zero-order valence-corrected chi connectivity index (χ0v) is 16.0. The first-order chi connectivity index (χ1) is 14.0. The number of amides is 2. The van der Waals surface area contributed by atoms with Crippen LogP contribution in [0.5, 0.6) is 5.75 Å². The molecule has 0 atom stereocenters.